The van der Waals surface area contributed by atoms with Gasteiger partial charge in [0.25, 0.3) is 0 Å². The molecule has 0 amide bonds. The van der Waals surface area contributed by atoms with Gasteiger partial charge in [-0.15, -0.1) is 0 Å². The van der Waals surface area contributed by atoms with Gasteiger partial charge in [0, 0.05) is 12.6 Å². The van der Waals surface area contributed by atoms with E-state index < -0.39 is 0 Å². The Morgan fingerprint density at radius 3 is 2.58 bits per heavy atom. The van der Waals surface area contributed by atoms with Crippen LogP contribution >= 0.6 is 0 Å². The highest BCUT2D eigenvalue weighted by atomic mass is 15.1. The third kappa shape index (κ3) is 1.50. The number of hydrogen-bond donors (Lipinski definition) is 0. The lowest BCUT2D eigenvalue weighted by Gasteiger charge is -2.24. The molecule has 0 atom stereocenters. The first-order valence-corrected chi connectivity index (χ1v) is 5.14. The summed E-state index contributed by atoms with van der Waals surface area (Å²) in [6.07, 6.45) is 10.4. The fourth-order valence-corrected chi connectivity index (χ4v) is 2.04. The second-order valence-corrected chi connectivity index (χ2v) is 4.67. The number of nitrogens with zero attached hydrogens (tertiary/aromatic N) is 1. The van der Waals surface area contributed by atoms with Gasteiger partial charge < -0.3 is 4.90 Å². The summed E-state index contributed by atoms with van der Waals surface area (Å²) in [5, 5.41) is 0. The van der Waals surface area contributed by atoms with Crippen LogP contribution in [0.5, 0.6) is 0 Å². The molecule has 0 saturated heterocycles. The molecule has 0 unspecified atom stereocenters. The minimum absolute atomic E-state index is 0.676. The van der Waals surface area contributed by atoms with Crippen molar-refractivity contribution < 1.29 is 0 Å². The molecular weight excluding hydrogens is 146 g/mol. The maximum absolute atomic E-state index is 2.47. The molecule has 0 bridgehead atoms. The van der Waals surface area contributed by atoms with Crippen LogP contribution in [0.4, 0.5) is 0 Å². The van der Waals surface area contributed by atoms with Gasteiger partial charge in [-0.05, 0) is 51.1 Å². The molecular formula is C11H19N. The van der Waals surface area contributed by atoms with Crippen molar-refractivity contribution >= 4 is 0 Å². The molecule has 0 aromatic carbocycles. The molecule has 2 aliphatic rings. The van der Waals surface area contributed by atoms with Gasteiger partial charge in [-0.1, -0.05) is 6.08 Å². The van der Waals surface area contributed by atoms with Crippen LogP contribution in [-0.4, -0.2) is 17.5 Å². The monoisotopic (exact) mass is 165 g/mol. The second kappa shape index (κ2) is 2.79. The van der Waals surface area contributed by atoms with Gasteiger partial charge >= 0.3 is 0 Å². The number of rotatable bonds is 1. The molecule has 1 spiro atoms. The van der Waals surface area contributed by atoms with Crippen LogP contribution in [0.2, 0.25) is 0 Å². The quantitative estimate of drug-likeness (QED) is 0.577. The standard InChI is InChI=1S/C11H19N/c1-10(2)12-8-3-4-11(5-6-11)7-9-12/h3,8,10H,4-7,9H2,1-2H3. The molecule has 1 aliphatic heterocycles. The summed E-state index contributed by atoms with van der Waals surface area (Å²) in [5.74, 6) is 0. The van der Waals surface area contributed by atoms with Crippen LogP contribution in [0.1, 0.15) is 39.5 Å². The predicted molar refractivity (Wildman–Crippen MR) is 51.9 cm³/mol. The van der Waals surface area contributed by atoms with Crippen molar-refractivity contribution in [3.05, 3.63) is 12.3 Å². The Morgan fingerprint density at radius 1 is 1.25 bits per heavy atom. The van der Waals surface area contributed by atoms with E-state index in [9.17, 15) is 0 Å². The molecule has 2 rings (SSSR count). The molecule has 0 aromatic heterocycles. The average molecular weight is 165 g/mol. The molecule has 1 aliphatic carbocycles. The normalized spacial score (nSPS) is 26.4. The van der Waals surface area contributed by atoms with E-state index in [1.165, 1.54) is 32.2 Å². The van der Waals surface area contributed by atoms with Crippen LogP contribution in [0.25, 0.3) is 0 Å². The highest BCUT2D eigenvalue weighted by Gasteiger charge is 2.41. The first-order chi connectivity index (χ1) is 5.72. The minimum Gasteiger partial charge on any atom is -0.375 e. The van der Waals surface area contributed by atoms with E-state index in [4.69, 9.17) is 0 Å². The Morgan fingerprint density at radius 2 is 2.00 bits per heavy atom. The molecule has 0 aromatic rings. The van der Waals surface area contributed by atoms with Crippen LogP contribution in [0, 0.1) is 5.41 Å². The minimum atomic E-state index is 0.676. The van der Waals surface area contributed by atoms with E-state index >= 15 is 0 Å². The van der Waals surface area contributed by atoms with Crippen molar-refractivity contribution in [1.29, 1.82) is 0 Å². The zero-order valence-corrected chi connectivity index (χ0v) is 8.21. The van der Waals surface area contributed by atoms with Gasteiger partial charge in [-0.3, -0.25) is 0 Å². The molecule has 1 fully saturated rings. The first-order valence-electron chi connectivity index (χ1n) is 5.14. The SMILES string of the molecule is CC(C)N1C=CCC2(CC1)CC2. The van der Waals surface area contributed by atoms with Crippen LogP contribution in [0.3, 0.4) is 0 Å². The van der Waals surface area contributed by atoms with Gasteiger partial charge in [0.1, 0.15) is 0 Å². The van der Waals surface area contributed by atoms with Gasteiger partial charge in [0.15, 0.2) is 0 Å². The predicted octanol–water partition coefficient (Wildman–Crippen LogP) is 2.78. The van der Waals surface area contributed by atoms with Crippen molar-refractivity contribution in [2.75, 3.05) is 6.54 Å². The molecule has 1 heteroatoms. The fraction of sp³-hybridized carbons (Fsp3) is 0.818. The van der Waals surface area contributed by atoms with E-state index in [2.05, 4.69) is 31.0 Å². The van der Waals surface area contributed by atoms with Crippen molar-refractivity contribution in [2.24, 2.45) is 5.41 Å². The van der Waals surface area contributed by atoms with Gasteiger partial charge in [-0.25, -0.2) is 0 Å². The fourth-order valence-electron chi connectivity index (χ4n) is 2.04. The average Bonchev–Trinajstić information content (AvgIpc) is 2.80. The van der Waals surface area contributed by atoms with Gasteiger partial charge in [-0.2, -0.15) is 0 Å². The topological polar surface area (TPSA) is 3.24 Å². The summed E-state index contributed by atoms with van der Waals surface area (Å²) < 4.78 is 0. The van der Waals surface area contributed by atoms with E-state index in [0.717, 1.165) is 5.41 Å². The van der Waals surface area contributed by atoms with Gasteiger partial charge in [0.2, 0.25) is 0 Å². The van der Waals surface area contributed by atoms with E-state index in [-0.39, 0.29) is 0 Å². The van der Waals surface area contributed by atoms with Crippen molar-refractivity contribution in [3.8, 4) is 0 Å². The van der Waals surface area contributed by atoms with E-state index in [1.54, 1.807) is 0 Å². The summed E-state index contributed by atoms with van der Waals surface area (Å²) in [5.41, 5.74) is 0.750. The Balaban J connectivity index is 1.97. The molecule has 0 N–H and O–H groups in total. The van der Waals surface area contributed by atoms with Crippen LogP contribution in [0.15, 0.2) is 12.3 Å². The summed E-state index contributed by atoms with van der Waals surface area (Å²) in [4.78, 5) is 2.47. The molecule has 68 valence electrons. The maximum Gasteiger partial charge on any atom is 0.0227 e. The summed E-state index contributed by atoms with van der Waals surface area (Å²) >= 11 is 0. The van der Waals surface area contributed by atoms with E-state index in [1.807, 2.05) is 0 Å². The third-order valence-corrected chi connectivity index (χ3v) is 3.37. The highest BCUT2D eigenvalue weighted by molar-refractivity contribution is 5.03. The first kappa shape index (κ1) is 8.15. The summed E-state index contributed by atoms with van der Waals surface area (Å²) in [6.45, 7) is 5.82. The molecule has 1 saturated carbocycles. The van der Waals surface area contributed by atoms with Crippen LogP contribution in [-0.2, 0) is 0 Å². The van der Waals surface area contributed by atoms with Crippen molar-refractivity contribution in [2.45, 2.75) is 45.6 Å². The summed E-state index contributed by atoms with van der Waals surface area (Å²) in [6, 6.07) is 0.676. The molecule has 1 nitrogen and oxygen atoms in total. The second-order valence-electron chi connectivity index (χ2n) is 4.67. The Bertz CT molecular complexity index is 189. The van der Waals surface area contributed by atoms with Crippen LogP contribution < -0.4 is 0 Å². The molecule has 1 heterocycles. The zero-order chi connectivity index (χ0) is 8.60. The number of hydrogen-bond acceptors (Lipinski definition) is 1. The van der Waals surface area contributed by atoms with Crippen molar-refractivity contribution in [1.82, 2.24) is 4.90 Å². The van der Waals surface area contributed by atoms with Crippen molar-refractivity contribution in [3.63, 3.8) is 0 Å². The smallest absolute Gasteiger partial charge is 0.0227 e. The van der Waals surface area contributed by atoms with Gasteiger partial charge in [0.05, 0.1) is 0 Å². The zero-order valence-electron chi connectivity index (χ0n) is 8.21. The number of allylic oxidation sites excluding steroid dienone is 1. The lowest BCUT2D eigenvalue weighted by Crippen LogP contribution is -2.26. The maximum atomic E-state index is 2.47. The van der Waals surface area contributed by atoms with E-state index in [0.29, 0.717) is 6.04 Å². The molecule has 12 heavy (non-hydrogen) atoms. The lowest BCUT2D eigenvalue weighted by molar-refractivity contribution is 0.288. The molecule has 0 radical (unpaired) electrons. The Kier molecular flexibility index (Phi) is 1.90. The highest BCUT2D eigenvalue weighted by Crippen LogP contribution is 2.52. The summed E-state index contributed by atoms with van der Waals surface area (Å²) in [7, 11) is 0. The Hall–Kier alpha value is -0.460. The largest absolute Gasteiger partial charge is 0.375 e. The lowest BCUT2D eigenvalue weighted by atomic mass is 9.99. The Labute approximate surface area is 75.4 Å². The third-order valence-electron chi connectivity index (χ3n) is 3.37.